The molecule has 4 nitrogen and oxygen atoms in total. The summed E-state index contributed by atoms with van der Waals surface area (Å²) in [4.78, 5) is 9.00. The second-order valence-corrected chi connectivity index (χ2v) is 3.85. The van der Waals surface area contributed by atoms with Crippen LogP contribution < -0.4 is 10.5 Å². The number of carboxylic acids is 1. The molecular formula is C12H17NO3. The van der Waals surface area contributed by atoms with E-state index < -0.39 is 5.97 Å². The number of ether oxygens (including phenoxy) is 1. The van der Waals surface area contributed by atoms with Crippen LogP contribution in [0.15, 0.2) is 18.2 Å². The summed E-state index contributed by atoms with van der Waals surface area (Å²) >= 11 is 0. The molecule has 1 atom stereocenters. The lowest BCUT2D eigenvalue weighted by atomic mass is 10.0. The van der Waals surface area contributed by atoms with Crippen molar-refractivity contribution in [3.05, 3.63) is 23.8 Å². The van der Waals surface area contributed by atoms with Gasteiger partial charge in [-0.2, -0.15) is 0 Å². The van der Waals surface area contributed by atoms with Gasteiger partial charge in [-0.15, -0.1) is 0 Å². The zero-order valence-electron chi connectivity index (χ0n) is 9.56. The van der Waals surface area contributed by atoms with E-state index in [0.717, 1.165) is 31.2 Å². The molecule has 0 fully saturated rings. The molecule has 88 valence electrons. The maximum atomic E-state index is 9.00. The first-order valence-electron chi connectivity index (χ1n) is 5.23. The maximum absolute atomic E-state index is 9.00. The molecular weight excluding hydrogens is 206 g/mol. The molecule has 3 N–H and O–H groups in total. The van der Waals surface area contributed by atoms with Gasteiger partial charge in [0.15, 0.2) is 0 Å². The average molecular weight is 223 g/mol. The molecule has 0 unspecified atom stereocenters. The van der Waals surface area contributed by atoms with Gasteiger partial charge in [0.2, 0.25) is 0 Å². The molecule has 0 aliphatic carbocycles. The Labute approximate surface area is 95.0 Å². The Morgan fingerprint density at radius 1 is 1.56 bits per heavy atom. The number of nitrogen functional groups attached to an aromatic ring is 1. The zero-order valence-corrected chi connectivity index (χ0v) is 9.56. The fraction of sp³-hybridized carbons (Fsp3) is 0.417. The van der Waals surface area contributed by atoms with Crippen molar-refractivity contribution in [2.24, 2.45) is 0 Å². The van der Waals surface area contributed by atoms with Crippen LogP contribution in [0.3, 0.4) is 0 Å². The summed E-state index contributed by atoms with van der Waals surface area (Å²) < 4.78 is 5.63. The van der Waals surface area contributed by atoms with E-state index in [-0.39, 0.29) is 0 Å². The van der Waals surface area contributed by atoms with Crippen molar-refractivity contribution in [3.8, 4) is 5.75 Å². The number of nitrogens with two attached hydrogens (primary N) is 1. The Balaban J connectivity index is 0.000000280. The highest BCUT2D eigenvalue weighted by Crippen LogP contribution is 2.28. The van der Waals surface area contributed by atoms with E-state index in [0.29, 0.717) is 6.10 Å². The fourth-order valence-electron chi connectivity index (χ4n) is 1.54. The standard InChI is InChI=1S/C10H13NO.C2H4O2/c1-7-2-3-8-6-9(11)4-5-10(8)12-7;1-2(3)4/h4-7H,2-3,11H2,1H3;1H3,(H,3,4)/t7-;/m1./s1. The van der Waals surface area contributed by atoms with Crippen LogP contribution in [0.2, 0.25) is 0 Å². The van der Waals surface area contributed by atoms with E-state index in [1.54, 1.807) is 0 Å². The lowest BCUT2D eigenvalue weighted by molar-refractivity contribution is -0.134. The summed E-state index contributed by atoms with van der Waals surface area (Å²) in [6, 6.07) is 5.85. The number of carbonyl (C=O) groups is 1. The third kappa shape index (κ3) is 3.81. The minimum atomic E-state index is -0.833. The molecule has 1 aliphatic heterocycles. The topological polar surface area (TPSA) is 72.5 Å². The van der Waals surface area contributed by atoms with E-state index in [2.05, 4.69) is 6.92 Å². The van der Waals surface area contributed by atoms with E-state index in [1.807, 2.05) is 18.2 Å². The number of hydrogen-bond acceptors (Lipinski definition) is 3. The number of hydrogen-bond donors (Lipinski definition) is 2. The van der Waals surface area contributed by atoms with Crippen LogP contribution in [0, 0.1) is 0 Å². The molecule has 0 saturated heterocycles. The number of anilines is 1. The third-order valence-corrected chi connectivity index (χ3v) is 2.23. The van der Waals surface area contributed by atoms with E-state index >= 15 is 0 Å². The Hall–Kier alpha value is -1.71. The highest BCUT2D eigenvalue weighted by molar-refractivity contribution is 5.62. The third-order valence-electron chi connectivity index (χ3n) is 2.23. The summed E-state index contributed by atoms with van der Waals surface area (Å²) in [5, 5.41) is 7.42. The van der Waals surface area contributed by atoms with Crippen LogP contribution in [-0.4, -0.2) is 17.2 Å². The SMILES string of the molecule is CC(=O)O.C[C@@H]1CCc2cc(N)ccc2O1. The largest absolute Gasteiger partial charge is 0.490 e. The van der Waals surface area contributed by atoms with Gasteiger partial charge in [0.1, 0.15) is 5.75 Å². The molecule has 4 heteroatoms. The van der Waals surface area contributed by atoms with E-state index in [1.165, 1.54) is 5.56 Å². The predicted molar refractivity (Wildman–Crippen MR) is 62.6 cm³/mol. The van der Waals surface area contributed by atoms with Gasteiger partial charge in [-0.3, -0.25) is 4.79 Å². The number of aryl methyl sites for hydroxylation is 1. The first-order chi connectivity index (χ1) is 7.49. The van der Waals surface area contributed by atoms with Gasteiger partial charge in [-0.05, 0) is 43.5 Å². The van der Waals surface area contributed by atoms with E-state index in [9.17, 15) is 0 Å². The summed E-state index contributed by atoms with van der Waals surface area (Å²) in [6.07, 6.45) is 2.53. The Morgan fingerprint density at radius 2 is 2.19 bits per heavy atom. The van der Waals surface area contributed by atoms with Crippen LogP contribution in [0.25, 0.3) is 0 Å². The van der Waals surface area contributed by atoms with Crippen LogP contribution in [0.4, 0.5) is 5.69 Å². The maximum Gasteiger partial charge on any atom is 0.300 e. The number of benzene rings is 1. The first kappa shape index (κ1) is 12.4. The molecule has 0 radical (unpaired) electrons. The monoisotopic (exact) mass is 223 g/mol. The molecule has 0 spiro atoms. The first-order valence-corrected chi connectivity index (χ1v) is 5.23. The van der Waals surface area contributed by atoms with Crippen LogP contribution in [-0.2, 0) is 11.2 Å². The highest BCUT2D eigenvalue weighted by atomic mass is 16.5. The van der Waals surface area contributed by atoms with Crippen molar-refractivity contribution in [2.75, 3.05) is 5.73 Å². The molecule has 0 saturated carbocycles. The number of aliphatic carboxylic acids is 1. The lowest BCUT2D eigenvalue weighted by Crippen LogP contribution is -2.18. The Morgan fingerprint density at radius 3 is 2.81 bits per heavy atom. The number of fused-ring (bicyclic) bond motifs is 1. The molecule has 1 aromatic rings. The minimum Gasteiger partial charge on any atom is -0.490 e. The lowest BCUT2D eigenvalue weighted by Gasteiger charge is -2.23. The van der Waals surface area contributed by atoms with Crippen molar-refractivity contribution in [3.63, 3.8) is 0 Å². The molecule has 16 heavy (non-hydrogen) atoms. The average Bonchev–Trinajstić information content (AvgIpc) is 2.17. The van der Waals surface area contributed by atoms with Gasteiger partial charge in [0, 0.05) is 12.6 Å². The molecule has 1 aliphatic rings. The van der Waals surface area contributed by atoms with Crippen molar-refractivity contribution in [1.82, 2.24) is 0 Å². The fourth-order valence-corrected chi connectivity index (χ4v) is 1.54. The molecule has 2 rings (SSSR count). The van der Waals surface area contributed by atoms with Crippen LogP contribution in [0.5, 0.6) is 5.75 Å². The van der Waals surface area contributed by atoms with Gasteiger partial charge in [0.25, 0.3) is 5.97 Å². The number of carboxylic acid groups (broad SMARTS) is 1. The second-order valence-electron chi connectivity index (χ2n) is 3.85. The quantitative estimate of drug-likeness (QED) is 0.660. The number of rotatable bonds is 0. The van der Waals surface area contributed by atoms with E-state index in [4.69, 9.17) is 20.4 Å². The predicted octanol–water partition coefficient (Wildman–Crippen LogP) is 2.07. The van der Waals surface area contributed by atoms with Crippen LogP contribution in [0.1, 0.15) is 25.8 Å². The second kappa shape index (κ2) is 5.39. The van der Waals surface area contributed by atoms with Crippen molar-refractivity contribution in [2.45, 2.75) is 32.8 Å². The van der Waals surface area contributed by atoms with Crippen molar-refractivity contribution >= 4 is 11.7 Å². The Bertz CT molecular complexity index is 373. The normalized spacial score (nSPS) is 17.5. The smallest absolute Gasteiger partial charge is 0.300 e. The minimum absolute atomic E-state index is 0.348. The highest BCUT2D eigenvalue weighted by Gasteiger charge is 2.15. The molecule has 0 amide bonds. The van der Waals surface area contributed by atoms with Gasteiger partial charge >= 0.3 is 0 Å². The van der Waals surface area contributed by atoms with Gasteiger partial charge in [-0.1, -0.05) is 0 Å². The molecule has 1 heterocycles. The molecule has 1 aromatic carbocycles. The zero-order chi connectivity index (χ0) is 12.1. The van der Waals surface area contributed by atoms with Crippen LogP contribution >= 0.6 is 0 Å². The van der Waals surface area contributed by atoms with Gasteiger partial charge in [-0.25, -0.2) is 0 Å². The Kier molecular flexibility index (Phi) is 4.17. The van der Waals surface area contributed by atoms with Crippen molar-refractivity contribution in [1.29, 1.82) is 0 Å². The van der Waals surface area contributed by atoms with Gasteiger partial charge in [0.05, 0.1) is 6.10 Å². The van der Waals surface area contributed by atoms with Gasteiger partial charge < -0.3 is 15.6 Å². The molecule has 0 aromatic heterocycles. The summed E-state index contributed by atoms with van der Waals surface area (Å²) in [5.41, 5.74) is 7.73. The summed E-state index contributed by atoms with van der Waals surface area (Å²) in [5.74, 6) is 0.169. The molecule has 0 bridgehead atoms. The summed E-state index contributed by atoms with van der Waals surface area (Å²) in [7, 11) is 0. The van der Waals surface area contributed by atoms with Crippen molar-refractivity contribution < 1.29 is 14.6 Å². The summed E-state index contributed by atoms with van der Waals surface area (Å²) in [6.45, 7) is 3.18.